The number of aromatic hydroxyl groups is 1. The maximum Gasteiger partial charge on any atom is 0.306 e. The zero-order valence-corrected chi connectivity index (χ0v) is 21.5. The number of hydrogen-bond acceptors (Lipinski definition) is 5. The Bertz CT molecular complexity index is 1120. The number of phenolic OH excluding ortho intramolecular Hbond substituents is 1. The fourth-order valence-corrected chi connectivity index (χ4v) is 4.43. The molecule has 1 N–H and O–H groups in total. The summed E-state index contributed by atoms with van der Waals surface area (Å²) in [5.74, 6) is -0.0282. The smallest absolute Gasteiger partial charge is 0.306 e. The number of unbranched alkanes of at least 4 members (excludes halogenated alkanes) is 5. The summed E-state index contributed by atoms with van der Waals surface area (Å²) in [4.78, 5) is 14.0. The molecule has 0 fully saturated rings. The van der Waals surface area contributed by atoms with Crippen molar-refractivity contribution in [1.82, 2.24) is 15.0 Å². The lowest BCUT2D eigenvalue weighted by atomic mass is 9.81. The van der Waals surface area contributed by atoms with E-state index >= 15 is 0 Å². The van der Waals surface area contributed by atoms with Gasteiger partial charge in [0.15, 0.2) is 0 Å². The molecule has 0 aliphatic rings. The van der Waals surface area contributed by atoms with E-state index in [-0.39, 0.29) is 23.6 Å². The van der Waals surface area contributed by atoms with Gasteiger partial charge >= 0.3 is 5.97 Å². The lowest BCUT2D eigenvalue weighted by molar-refractivity contribution is -0.143. The van der Waals surface area contributed by atoms with Gasteiger partial charge in [0.2, 0.25) is 0 Å². The van der Waals surface area contributed by atoms with Crippen molar-refractivity contribution >= 4 is 28.6 Å². The lowest BCUT2D eigenvalue weighted by Gasteiger charge is -2.26. The topological polar surface area (TPSA) is 77.2 Å². The molecule has 3 aromatic rings. The number of aromatic nitrogens is 3. The molecule has 0 radical (unpaired) electrons. The van der Waals surface area contributed by atoms with Gasteiger partial charge in [0.25, 0.3) is 0 Å². The highest BCUT2D eigenvalue weighted by Gasteiger charge is 2.26. The average Bonchev–Trinajstić information content (AvgIpc) is 3.19. The largest absolute Gasteiger partial charge is 0.508 e. The van der Waals surface area contributed by atoms with Gasteiger partial charge < -0.3 is 9.84 Å². The first-order valence-corrected chi connectivity index (χ1v) is 12.6. The van der Waals surface area contributed by atoms with Crippen molar-refractivity contribution in [3.05, 3.63) is 46.5 Å². The molecule has 34 heavy (non-hydrogen) atoms. The molecule has 0 aliphatic carbocycles. The summed E-state index contributed by atoms with van der Waals surface area (Å²) in [6.45, 7) is 8.78. The third kappa shape index (κ3) is 6.72. The van der Waals surface area contributed by atoms with Crippen molar-refractivity contribution in [2.45, 2.75) is 84.5 Å². The van der Waals surface area contributed by atoms with Gasteiger partial charge in [-0.25, -0.2) is 0 Å². The number of rotatable bonds is 11. The maximum atomic E-state index is 12.5. The summed E-state index contributed by atoms with van der Waals surface area (Å²) in [5, 5.41) is 20.5. The molecule has 7 heteroatoms. The summed E-state index contributed by atoms with van der Waals surface area (Å²) in [6, 6.07) is 8.83. The Balaban J connectivity index is 1.78. The summed E-state index contributed by atoms with van der Waals surface area (Å²) >= 11 is 6.12. The van der Waals surface area contributed by atoms with Crippen LogP contribution in [-0.2, 0) is 21.4 Å². The van der Waals surface area contributed by atoms with Crippen LogP contribution in [0.2, 0.25) is 5.02 Å². The van der Waals surface area contributed by atoms with Crippen molar-refractivity contribution in [3.8, 4) is 11.4 Å². The minimum Gasteiger partial charge on any atom is -0.508 e. The number of ether oxygens (including phenoxy) is 1. The van der Waals surface area contributed by atoms with Crippen molar-refractivity contribution in [1.29, 1.82) is 0 Å². The number of hydrogen-bond donors (Lipinski definition) is 1. The molecule has 0 saturated heterocycles. The van der Waals surface area contributed by atoms with E-state index in [0.29, 0.717) is 23.6 Å². The zero-order valence-electron chi connectivity index (χ0n) is 20.7. The second kappa shape index (κ2) is 11.7. The van der Waals surface area contributed by atoms with Gasteiger partial charge in [-0.3, -0.25) is 4.79 Å². The monoisotopic (exact) mass is 485 g/mol. The zero-order chi connectivity index (χ0) is 24.7. The number of nitrogens with zero attached hydrogens (tertiary/aromatic N) is 3. The van der Waals surface area contributed by atoms with Crippen LogP contribution in [0.15, 0.2) is 30.3 Å². The number of esters is 1. The standard InChI is InChI=1S/C27H36ClN3O3/c1-5-6-7-8-9-10-17-34-25(33)16-12-20-23(14-15-24(32)26(20)27(2,3)4)31-29-21-13-11-19(28)18-22(21)30-31/h11,13-15,18,32H,5-10,12,16-17H2,1-4H3. The van der Waals surface area contributed by atoms with E-state index in [0.717, 1.165) is 35.2 Å². The Morgan fingerprint density at radius 1 is 1.03 bits per heavy atom. The second-order valence-electron chi connectivity index (χ2n) is 9.82. The molecule has 0 atom stereocenters. The Morgan fingerprint density at radius 2 is 1.74 bits per heavy atom. The van der Waals surface area contributed by atoms with Gasteiger partial charge in [-0.05, 0) is 54.2 Å². The minimum absolute atomic E-state index is 0.200. The first kappa shape index (κ1) is 26.0. The molecule has 1 heterocycles. The Hall–Kier alpha value is -2.60. The van der Waals surface area contributed by atoms with Crippen LogP contribution in [-0.4, -0.2) is 32.7 Å². The minimum atomic E-state index is -0.340. The van der Waals surface area contributed by atoms with Gasteiger partial charge in [0.1, 0.15) is 16.8 Å². The highest BCUT2D eigenvalue weighted by atomic mass is 35.5. The molecule has 0 spiro atoms. The maximum absolute atomic E-state index is 12.5. The predicted molar refractivity (Wildman–Crippen MR) is 137 cm³/mol. The number of fused-ring (bicyclic) bond motifs is 1. The third-order valence-electron chi connectivity index (χ3n) is 5.91. The van der Waals surface area contributed by atoms with Crippen LogP contribution in [0.25, 0.3) is 16.7 Å². The fourth-order valence-electron chi connectivity index (χ4n) is 4.26. The number of benzene rings is 2. The van der Waals surface area contributed by atoms with E-state index in [1.54, 1.807) is 29.1 Å². The molecule has 0 aliphatic heterocycles. The highest BCUT2D eigenvalue weighted by Crippen LogP contribution is 2.37. The van der Waals surface area contributed by atoms with Crippen LogP contribution in [0.3, 0.4) is 0 Å². The van der Waals surface area contributed by atoms with E-state index in [4.69, 9.17) is 16.3 Å². The molecule has 3 rings (SSSR count). The quantitative estimate of drug-likeness (QED) is 0.236. The molecule has 0 saturated carbocycles. The first-order chi connectivity index (χ1) is 16.2. The molecule has 6 nitrogen and oxygen atoms in total. The third-order valence-corrected chi connectivity index (χ3v) is 6.15. The molecule has 0 bridgehead atoms. The van der Waals surface area contributed by atoms with Gasteiger partial charge in [-0.2, -0.15) is 4.80 Å². The van der Waals surface area contributed by atoms with Crippen LogP contribution in [0.1, 0.15) is 83.8 Å². The van der Waals surface area contributed by atoms with Gasteiger partial charge in [-0.15, -0.1) is 10.2 Å². The van der Waals surface area contributed by atoms with E-state index in [2.05, 4.69) is 17.1 Å². The van der Waals surface area contributed by atoms with Crippen LogP contribution >= 0.6 is 11.6 Å². The van der Waals surface area contributed by atoms with Crippen LogP contribution in [0.4, 0.5) is 0 Å². The van der Waals surface area contributed by atoms with Crippen molar-refractivity contribution in [2.24, 2.45) is 0 Å². The van der Waals surface area contributed by atoms with E-state index < -0.39 is 0 Å². The second-order valence-corrected chi connectivity index (χ2v) is 10.3. The summed E-state index contributed by atoms with van der Waals surface area (Å²) in [7, 11) is 0. The molecule has 2 aromatic carbocycles. The van der Waals surface area contributed by atoms with Gasteiger partial charge in [0, 0.05) is 17.0 Å². The molecule has 0 unspecified atom stereocenters. The normalized spacial score (nSPS) is 11.8. The SMILES string of the molecule is CCCCCCCCOC(=O)CCc1c(-n2nc3ccc(Cl)cc3n2)ccc(O)c1C(C)(C)C. The fraction of sp³-hybridized carbons (Fsp3) is 0.519. The first-order valence-electron chi connectivity index (χ1n) is 12.2. The summed E-state index contributed by atoms with van der Waals surface area (Å²) in [5.41, 5.74) is 3.43. The summed E-state index contributed by atoms with van der Waals surface area (Å²) in [6.07, 6.45) is 7.53. The van der Waals surface area contributed by atoms with Crippen LogP contribution in [0.5, 0.6) is 5.75 Å². The Morgan fingerprint density at radius 3 is 2.47 bits per heavy atom. The van der Waals surface area contributed by atoms with Crippen molar-refractivity contribution in [2.75, 3.05) is 6.61 Å². The molecule has 0 amide bonds. The number of phenols is 1. The van der Waals surface area contributed by atoms with E-state index in [1.807, 2.05) is 26.8 Å². The molecule has 1 aromatic heterocycles. The number of carbonyl (C=O) groups excluding carboxylic acids is 1. The van der Waals surface area contributed by atoms with Crippen molar-refractivity contribution in [3.63, 3.8) is 0 Å². The molecular formula is C27H36ClN3O3. The van der Waals surface area contributed by atoms with Crippen molar-refractivity contribution < 1.29 is 14.6 Å². The summed E-state index contributed by atoms with van der Waals surface area (Å²) < 4.78 is 5.48. The van der Waals surface area contributed by atoms with Crippen LogP contribution < -0.4 is 0 Å². The van der Waals surface area contributed by atoms with Gasteiger partial charge in [-0.1, -0.05) is 71.4 Å². The Labute approximate surface area is 207 Å². The van der Waals surface area contributed by atoms with Crippen LogP contribution in [0, 0.1) is 0 Å². The highest BCUT2D eigenvalue weighted by molar-refractivity contribution is 6.31. The number of halogens is 1. The lowest BCUT2D eigenvalue weighted by Crippen LogP contribution is -2.18. The van der Waals surface area contributed by atoms with E-state index in [1.165, 1.54) is 25.7 Å². The molecular weight excluding hydrogens is 450 g/mol. The number of carbonyl (C=O) groups is 1. The average molecular weight is 486 g/mol. The van der Waals surface area contributed by atoms with E-state index in [9.17, 15) is 9.90 Å². The predicted octanol–water partition coefficient (Wildman–Crippen LogP) is 6.91. The Kier molecular flexibility index (Phi) is 8.95. The molecule has 184 valence electrons. The van der Waals surface area contributed by atoms with Gasteiger partial charge in [0.05, 0.1) is 12.3 Å².